The minimum Gasteiger partial charge on any atom is -0.391 e. The predicted octanol–water partition coefficient (Wildman–Crippen LogP) is 3.56. The third kappa shape index (κ3) is 3.92. The maximum absolute atomic E-state index is 6.10. The molecular formula is C13H27ClO4Si. The molecule has 0 amide bonds. The highest BCUT2D eigenvalue weighted by Crippen LogP contribution is 2.39. The van der Waals surface area contributed by atoms with Gasteiger partial charge in [-0.1, -0.05) is 31.9 Å². The predicted molar refractivity (Wildman–Crippen MR) is 78.4 cm³/mol. The molecule has 1 fully saturated rings. The van der Waals surface area contributed by atoms with Crippen LogP contribution in [0.3, 0.4) is 0 Å². The average molecular weight is 311 g/mol. The van der Waals surface area contributed by atoms with Crippen LogP contribution in [0.5, 0.6) is 0 Å². The monoisotopic (exact) mass is 310 g/mol. The second-order valence-electron chi connectivity index (χ2n) is 4.75. The summed E-state index contributed by atoms with van der Waals surface area (Å²) < 4.78 is 24.2. The lowest BCUT2D eigenvalue weighted by Crippen LogP contribution is -2.67. The first-order chi connectivity index (χ1) is 9.06. The summed E-state index contributed by atoms with van der Waals surface area (Å²) in [5.74, 6) is 0. The molecule has 0 saturated carbocycles. The first-order valence-electron chi connectivity index (χ1n) is 7.29. The van der Waals surface area contributed by atoms with Crippen molar-refractivity contribution in [3.05, 3.63) is 0 Å². The summed E-state index contributed by atoms with van der Waals surface area (Å²) in [7, 11) is -2.68. The summed E-state index contributed by atoms with van der Waals surface area (Å²) in [5.41, 5.74) is -1.12. The molecule has 0 aliphatic carbocycles. The van der Waals surface area contributed by atoms with Gasteiger partial charge in [0.15, 0.2) is 0 Å². The molecule has 1 rings (SSSR count). The number of hydrogen-bond donors (Lipinski definition) is 0. The van der Waals surface area contributed by atoms with Crippen LogP contribution in [0.2, 0.25) is 6.04 Å². The van der Waals surface area contributed by atoms with E-state index >= 15 is 0 Å². The Morgan fingerprint density at radius 3 is 2.32 bits per heavy atom. The molecular weight excluding hydrogens is 284 g/mol. The molecule has 0 spiro atoms. The Morgan fingerprint density at radius 1 is 1.26 bits per heavy atom. The standard InChI is InChI=1S/C13H27ClO4Si/c1-5-11-19(17-7-3,18-12(4)14)13(6-2)15-9-8-10-16-13/h12H,5-11H2,1-4H3. The van der Waals surface area contributed by atoms with Crippen LogP contribution in [-0.2, 0) is 18.3 Å². The lowest BCUT2D eigenvalue weighted by Gasteiger charge is -2.48. The van der Waals surface area contributed by atoms with Crippen LogP contribution >= 0.6 is 11.6 Å². The van der Waals surface area contributed by atoms with Gasteiger partial charge in [0.1, 0.15) is 5.56 Å². The Bertz CT molecular complexity index is 251. The molecule has 6 heteroatoms. The van der Waals surface area contributed by atoms with Crippen LogP contribution in [0.15, 0.2) is 0 Å². The van der Waals surface area contributed by atoms with E-state index in [1.165, 1.54) is 0 Å². The molecule has 1 heterocycles. The zero-order chi connectivity index (χ0) is 14.4. The van der Waals surface area contributed by atoms with Gasteiger partial charge in [-0.3, -0.25) is 0 Å². The minimum atomic E-state index is -2.68. The maximum atomic E-state index is 6.10. The first kappa shape index (κ1) is 17.4. The van der Waals surface area contributed by atoms with Gasteiger partial charge >= 0.3 is 8.56 Å². The molecule has 0 bridgehead atoms. The van der Waals surface area contributed by atoms with E-state index < -0.39 is 19.5 Å². The molecule has 1 aliphatic rings. The van der Waals surface area contributed by atoms with Gasteiger partial charge in [-0.05, 0) is 26.3 Å². The summed E-state index contributed by atoms with van der Waals surface area (Å²) in [5, 5.41) is 0. The molecule has 1 saturated heterocycles. The van der Waals surface area contributed by atoms with Gasteiger partial charge in [0.2, 0.25) is 5.41 Å². The van der Waals surface area contributed by atoms with Crippen LogP contribution in [0.25, 0.3) is 0 Å². The molecule has 2 unspecified atom stereocenters. The fraction of sp³-hybridized carbons (Fsp3) is 1.00. The van der Waals surface area contributed by atoms with E-state index in [2.05, 4.69) is 13.8 Å². The molecule has 1 aliphatic heterocycles. The molecule has 0 radical (unpaired) electrons. The van der Waals surface area contributed by atoms with E-state index in [1.54, 1.807) is 0 Å². The Kier molecular flexibility index (Phi) is 7.28. The van der Waals surface area contributed by atoms with Gasteiger partial charge in [-0.25, -0.2) is 0 Å². The Labute approximate surface area is 122 Å². The second-order valence-corrected chi connectivity index (χ2v) is 8.66. The van der Waals surface area contributed by atoms with Crippen LogP contribution < -0.4 is 0 Å². The van der Waals surface area contributed by atoms with E-state index in [0.29, 0.717) is 19.8 Å². The molecule has 0 aromatic rings. The van der Waals surface area contributed by atoms with Crippen molar-refractivity contribution in [2.75, 3.05) is 19.8 Å². The van der Waals surface area contributed by atoms with Gasteiger partial charge in [0, 0.05) is 13.0 Å². The zero-order valence-electron chi connectivity index (χ0n) is 12.5. The van der Waals surface area contributed by atoms with Gasteiger partial charge < -0.3 is 18.3 Å². The Morgan fingerprint density at radius 2 is 1.89 bits per heavy atom. The van der Waals surface area contributed by atoms with Gasteiger partial charge in [-0.15, -0.1) is 0 Å². The number of alkyl halides is 1. The van der Waals surface area contributed by atoms with E-state index in [1.807, 2.05) is 13.8 Å². The summed E-state index contributed by atoms with van der Waals surface area (Å²) in [6.07, 6.45) is 2.61. The molecule has 0 N–H and O–H groups in total. The topological polar surface area (TPSA) is 36.9 Å². The van der Waals surface area contributed by atoms with Gasteiger partial charge in [0.25, 0.3) is 0 Å². The fourth-order valence-corrected chi connectivity index (χ4v) is 7.02. The normalized spacial score (nSPS) is 23.8. The zero-order valence-corrected chi connectivity index (χ0v) is 14.3. The van der Waals surface area contributed by atoms with Crippen molar-refractivity contribution in [2.45, 2.75) is 64.0 Å². The number of rotatable bonds is 8. The average Bonchev–Trinajstić information content (AvgIpc) is 2.39. The van der Waals surface area contributed by atoms with E-state index in [-0.39, 0.29) is 0 Å². The summed E-state index contributed by atoms with van der Waals surface area (Å²) in [4.78, 5) is 0. The highest BCUT2D eigenvalue weighted by Gasteiger charge is 2.60. The van der Waals surface area contributed by atoms with Crippen molar-refractivity contribution in [3.63, 3.8) is 0 Å². The van der Waals surface area contributed by atoms with Crippen LogP contribution in [-0.4, -0.2) is 39.4 Å². The Hall–Kier alpha value is 0.347. The van der Waals surface area contributed by atoms with Gasteiger partial charge in [0.05, 0.1) is 13.2 Å². The van der Waals surface area contributed by atoms with E-state index in [9.17, 15) is 0 Å². The smallest absolute Gasteiger partial charge is 0.391 e. The SMILES string of the molecule is CCC[Si](OCC)(OC(C)Cl)C1(CC)OCCCO1. The lowest BCUT2D eigenvalue weighted by molar-refractivity contribution is -0.240. The van der Waals surface area contributed by atoms with Crippen molar-refractivity contribution in [1.29, 1.82) is 0 Å². The van der Waals surface area contributed by atoms with E-state index in [0.717, 1.165) is 25.3 Å². The van der Waals surface area contributed by atoms with Crippen LogP contribution in [0, 0.1) is 0 Å². The molecule has 114 valence electrons. The molecule has 19 heavy (non-hydrogen) atoms. The van der Waals surface area contributed by atoms with Crippen molar-refractivity contribution in [3.8, 4) is 0 Å². The Balaban J connectivity index is 3.07. The first-order valence-corrected chi connectivity index (χ1v) is 9.75. The van der Waals surface area contributed by atoms with Crippen molar-refractivity contribution in [1.82, 2.24) is 0 Å². The van der Waals surface area contributed by atoms with Gasteiger partial charge in [-0.2, -0.15) is 0 Å². The molecule has 4 nitrogen and oxygen atoms in total. The lowest BCUT2D eigenvalue weighted by atomic mass is 10.4. The van der Waals surface area contributed by atoms with Crippen LogP contribution in [0.1, 0.15) is 47.0 Å². The number of halogens is 1. The fourth-order valence-electron chi connectivity index (χ4n) is 2.65. The molecule has 0 aromatic carbocycles. The molecule has 2 atom stereocenters. The highest BCUT2D eigenvalue weighted by molar-refractivity contribution is 6.70. The summed E-state index contributed by atoms with van der Waals surface area (Å²) in [6, 6.07) is 0.825. The highest BCUT2D eigenvalue weighted by atomic mass is 35.5. The maximum Gasteiger partial charge on any atom is 0.400 e. The summed E-state index contributed by atoms with van der Waals surface area (Å²) >= 11 is 6.09. The number of ether oxygens (including phenoxy) is 2. The minimum absolute atomic E-state index is 0.401. The quantitative estimate of drug-likeness (QED) is 0.507. The third-order valence-corrected chi connectivity index (χ3v) is 8.00. The van der Waals surface area contributed by atoms with Crippen molar-refractivity contribution in [2.24, 2.45) is 0 Å². The largest absolute Gasteiger partial charge is 0.400 e. The summed E-state index contributed by atoms with van der Waals surface area (Å²) in [6.45, 7) is 9.96. The molecule has 0 aromatic heterocycles. The van der Waals surface area contributed by atoms with Crippen LogP contribution in [0.4, 0.5) is 0 Å². The number of hydrogen-bond acceptors (Lipinski definition) is 4. The van der Waals surface area contributed by atoms with Crippen molar-refractivity contribution < 1.29 is 18.3 Å². The second kappa shape index (κ2) is 7.95. The van der Waals surface area contributed by atoms with E-state index in [4.69, 9.17) is 29.9 Å². The van der Waals surface area contributed by atoms with Crippen molar-refractivity contribution >= 4 is 20.2 Å². The third-order valence-electron chi connectivity index (χ3n) is 3.31.